The summed E-state index contributed by atoms with van der Waals surface area (Å²) in [6, 6.07) is 9.89. The molecule has 9 nitrogen and oxygen atoms in total. The molecule has 2 aromatic carbocycles. The van der Waals surface area contributed by atoms with Crippen LogP contribution in [0.5, 0.6) is 11.5 Å². The lowest BCUT2D eigenvalue weighted by molar-refractivity contribution is -0.384. The number of hydrogen-bond acceptors (Lipinski definition) is 7. The van der Waals surface area contributed by atoms with Gasteiger partial charge in [0.1, 0.15) is 11.5 Å². The highest BCUT2D eigenvalue weighted by atomic mass is 35.5. The van der Waals surface area contributed by atoms with Crippen molar-refractivity contribution in [2.45, 2.75) is 13.0 Å². The predicted molar refractivity (Wildman–Crippen MR) is 101 cm³/mol. The van der Waals surface area contributed by atoms with Gasteiger partial charge in [-0.15, -0.1) is 0 Å². The summed E-state index contributed by atoms with van der Waals surface area (Å²) in [6.07, 6.45) is -1.08. The van der Waals surface area contributed by atoms with E-state index in [1.165, 1.54) is 44.4 Å². The maximum atomic E-state index is 12.1. The Labute approximate surface area is 165 Å². The molecule has 0 spiro atoms. The first kappa shape index (κ1) is 21.0. The van der Waals surface area contributed by atoms with Gasteiger partial charge in [0.15, 0.2) is 12.7 Å². The van der Waals surface area contributed by atoms with Crippen LogP contribution < -0.4 is 14.8 Å². The van der Waals surface area contributed by atoms with E-state index in [0.29, 0.717) is 16.5 Å². The largest absolute Gasteiger partial charge is 0.495 e. The monoisotopic (exact) mass is 408 g/mol. The molecule has 10 heteroatoms. The number of non-ortho nitro benzene ring substituents is 1. The summed E-state index contributed by atoms with van der Waals surface area (Å²) in [5.41, 5.74) is 0.319. The van der Waals surface area contributed by atoms with Crippen molar-refractivity contribution >= 4 is 34.9 Å². The third-order valence-corrected chi connectivity index (χ3v) is 3.80. The first-order chi connectivity index (χ1) is 13.3. The molecule has 1 N–H and O–H groups in total. The van der Waals surface area contributed by atoms with E-state index in [4.69, 9.17) is 25.8 Å². The molecule has 1 atom stereocenters. The number of nitro groups is 1. The van der Waals surface area contributed by atoms with Crippen LogP contribution in [0.2, 0.25) is 5.02 Å². The van der Waals surface area contributed by atoms with Crippen molar-refractivity contribution < 1.29 is 28.7 Å². The number of methoxy groups -OCH3 is 1. The Kier molecular flexibility index (Phi) is 7.16. The van der Waals surface area contributed by atoms with Crippen molar-refractivity contribution in [3.05, 3.63) is 57.6 Å². The van der Waals surface area contributed by atoms with Gasteiger partial charge in [-0.3, -0.25) is 14.9 Å². The van der Waals surface area contributed by atoms with Crippen LogP contribution in [-0.4, -0.2) is 36.6 Å². The standard InChI is InChI=1S/C18H17ClN2O7/c1-11(18(23)20-12-3-8-16(26-2)15(19)9-12)28-17(22)10-27-14-6-4-13(5-7-14)21(24)25/h3-9,11H,10H2,1-2H3,(H,20,23)/t11-/m0/s1. The average Bonchev–Trinajstić information content (AvgIpc) is 2.66. The minimum absolute atomic E-state index is 0.0983. The first-order valence-corrected chi connectivity index (χ1v) is 8.39. The molecule has 0 saturated heterocycles. The molecule has 28 heavy (non-hydrogen) atoms. The van der Waals surface area contributed by atoms with Gasteiger partial charge in [-0.1, -0.05) is 11.6 Å². The van der Waals surface area contributed by atoms with Crippen LogP contribution in [-0.2, 0) is 14.3 Å². The highest BCUT2D eigenvalue weighted by Crippen LogP contribution is 2.27. The molecule has 2 rings (SSSR count). The van der Waals surface area contributed by atoms with Gasteiger partial charge in [0, 0.05) is 17.8 Å². The van der Waals surface area contributed by atoms with Crippen molar-refractivity contribution in [3.63, 3.8) is 0 Å². The van der Waals surface area contributed by atoms with Crippen molar-refractivity contribution in [3.8, 4) is 11.5 Å². The molecule has 0 heterocycles. The number of benzene rings is 2. The zero-order chi connectivity index (χ0) is 20.7. The van der Waals surface area contributed by atoms with Crippen LogP contribution >= 0.6 is 11.6 Å². The van der Waals surface area contributed by atoms with Gasteiger partial charge in [0.05, 0.1) is 17.1 Å². The topological polar surface area (TPSA) is 117 Å². The highest BCUT2D eigenvalue weighted by molar-refractivity contribution is 6.32. The van der Waals surface area contributed by atoms with Crippen LogP contribution in [0.25, 0.3) is 0 Å². The molecule has 0 bridgehead atoms. The molecule has 0 aliphatic rings. The Bertz CT molecular complexity index is 871. The third kappa shape index (κ3) is 5.85. The van der Waals surface area contributed by atoms with E-state index < -0.39 is 29.5 Å². The summed E-state index contributed by atoms with van der Waals surface area (Å²) < 4.78 is 15.2. The molecular formula is C18H17ClN2O7. The van der Waals surface area contributed by atoms with E-state index in [1.807, 2.05) is 0 Å². The molecule has 0 aromatic heterocycles. The molecule has 148 valence electrons. The number of esters is 1. The summed E-state index contributed by atoms with van der Waals surface area (Å²) in [7, 11) is 1.47. The fourth-order valence-corrected chi connectivity index (χ4v) is 2.34. The lowest BCUT2D eigenvalue weighted by Gasteiger charge is -2.14. The van der Waals surface area contributed by atoms with Crippen LogP contribution in [0.4, 0.5) is 11.4 Å². The predicted octanol–water partition coefficient (Wildman–Crippen LogP) is 3.21. The number of carbonyl (C=O) groups is 2. The molecule has 0 aliphatic carbocycles. The number of nitro benzene ring substituents is 1. The number of halogens is 1. The number of hydrogen-bond donors (Lipinski definition) is 1. The number of nitrogens with zero attached hydrogens (tertiary/aromatic N) is 1. The number of nitrogens with one attached hydrogen (secondary N) is 1. The van der Waals surface area contributed by atoms with E-state index in [1.54, 1.807) is 12.1 Å². The lowest BCUT2D eigenvalue weighted by atomic mass is 10.3. The summed E-state index contributed by atoms with van der Waals surface area (Å²) in [5, 5.41) is 13.5. The Morgan fingerprint density at radius 3 is 2.46 bits per heavy atom. The molecule has 0 unspecified atom stereocenters. The van der Waals surface area contributed by atoms with Gasteiger partial charge in [0.2, 0.25) is 0 Å². The minimum atomic E-state index is -1.08. The summed E-state index contributed by atoms with van der Waals surface area (Å²) in [5.74, 6) is -0.603. The van der Waals surface area contributed by atoms with Crippen molar-refractivity contribution in [2.75, 3.05) is 19.0 Å². The molecule has 2 aromatic rings. The Balaban J connectivity index is 1.83. The van der Waals surface area contributed by atoms with Gasteiger partial charge in [-0.2, -0.15) is 0 Å². The van der Waals surface area contributed by atoms with Gasteiger partial charge in [0.25, 0.3) is 11.6 Å². The molecule has 0 aliphatic heterocycles. The second kappa shape index (κ2) is 9.56. The normalized spacial score (nSPS) is 11.2. The van der Waals surface area contributed by atoms with Crippen molar-refractivity contribution in [1.82, 2.24) is 0 Å². The van der Waals surface area contributed by atoms with Gasteiger partial charge in [-0.25, -0.2) is 4.79 Å². The van der Waals surface area contributed by atoms with Crippen LogP contribution in [0.1, 0.15) is 6.92 Å². The van der Waals surface area contributed by atoms with Gasteiger partial charge in [-0.05, 0) is 37.3 Å². The van der Waals surface area contributed by atoms with E-state index in [-0.39, 0.29) is 11.4 Å². The number of rotatable bonds is 8. The molecule has 1 amide bonds. The minimum Gasteiger partial charge on any atom is -0.495 e. The highest BCUT2D eigenvalue weighted by Gasteiger charge is 2.19. The second-order valence-corrected chi connectivity index (χ2v) is 5.92. The van der Waals surface area contributed by atoms with Crippen LogP contribution in [0, 0.1) is 10.1 Å². The Morgan fingerprint density at radius 2 is 1.89 bits per heavy atom. The van der Waals surface area contributed by atoms with Gasteiger partial charge < -0.3 is 19.5 Å². The number of carbonyl (C=O) groups excluding carboxylic acids is 2. The number of anilines is 1. The zero-order valence-electron chi connectivity index (χ0n) is 15.0. The fourth-order valence-electron chi connectivity index (χ4n) is 2.08. The maximum absolute atomic E-state index is 12.1. The average molecular weight is 409 g/mol. The second-order valence-electron chi connectivity index (χ2n) is 5.51. The third-order valence-electron chi connectivity index (χ3n) is 3.50. The summed E-state index contributed by atoms with van der Waals surface area (Å²) in [6.45, 7) is 0.952. The molecule has 0 saturated carbocycles. The summed E-state index contributed by atoms with van der Waals surface area (Å²) in [4.78, 5) is 34.0. The summed E-state index contributed by atoms with van der Waals surface area (Å²) >= 11 is 5.99. The molecule has 0 radical (unpaired) electrons. The van der Waals surface area contributed by atoms with E-state index in [2.05, 4.69) is 5.32 Å². The maximum Gasteiger partial charge on any atom is 0.344 e. The Hall–Kier alpha value is -3.33. The Morgan fingerprint density at radius 1 is 1.21 bits per heavy atom. The zero-order valence-corrected chi connectivity index (χ0v) is 15.8. The van der Waals surface area contributed by atoms with E-state index in [0.717, 1.165) is 0 Å². The molecular weight excluding hydrogens is 392 g/mol. The number of amides is 1. The van der Waals surface area contributed by atoms with Crippen molar-refractivity contribution in [2.24, 2.45) is 0 Å². The van der Waals surface area contributed by atoms with Crippen molar-refractivity contribution in [1.29, 1.82) is 0 Å². The molecule has 0 fully saturated rings. The van der Waals surface area contributed by atoms with Gasteiger partial charge >= 0.3 is 5.97 Å². The van der Waals surface area contributed by atoms with Crippen LogP contribution in [0.15, 0.2) is 42.5 Å². The smallest absolute Gasteiger partial charge is 0.344 e. The van der Waals surface area contributed by atoms with E-state index >= 15 is 0 Å². The quantitative estimate of drug-likeness (QED) is 0.405. The fraction of sp³-hybridized carbons (Fsp3) is 0.222. The number of ether oxygens (including phenoxy) is 3. The van der Waals surface area contributed by atoms with Crippen LogP contribution in [0.3, 0.4) is 0 Å². The SMILES string of the molecule is COc1ccc(NC(=O)[C@H](C)OC(=O)COc2ccc([N+](=O)[O-])cc2)cc1Cl. The lowest BCUT2D eigenvalue weighted by Crippen LogP contribution is -2.31. The van der Waals surface area contributed by atoms with E-state index in [9.17, 15) is 19.7 Å². The first-order valence-electron chi connectivity index (χ1n) is 8.01.